The predicted octanol–water partition coefficient (Wildman–Crippen LogP) is 3.59. The number of nitrogen functional groups attached to an aromatic ring is 1. The molecule has 0 saturated carbocycles. The lowest BCUT2D eigenvalue weighted by Gasteiger charge is -2.42. The molecule has 2 aromatic rings. The van der Waals surface area contributed by atoms with E-state index < -0.39 is 5.54 Å². The highest BCUT2D eigenvalue weighted by atomic mass is 16.2. The van der Waals surface area contributed by atoms with E-state index in [0.717, 1.165) is 22.7 Å². The van der Waals surface area contributed by atoms with Gasteiger partial charge in [0.2, 0.25) is 0 Å². The van der Waals surface area contributed by atoms with Gasteiger partial charge in [-0.2, -0.15) is 0 Å². The largest absolute Gasteiger partial charge is 0.384 e. The number of rotatable bonds is 5. The molecule has 1 aliphatic carbocycles. The summed E-state index contributed by atoms with van der Waals surface area (Å²) in [6.07, 6.45) is 6.25. The first kappa shape index (κ1) is 19.8. The standard InChI is InChI=1S/C23H26N6O/c1-15-8-7-11-23(3)20(15)22(30)29(17-9-5-4-6-10-17)21(28-23)16(2)13-25-19-12-18(24)26-14-27-19/h4-10,12,14,16H,11,13H2,1-3H3,(H3,24,25,26,27)/t16-,23?/m0/s1. The second-order valence-corrected chi connectivity index (χ2v) is 7.99. The summed E-state index contributed by atoms with van der Waals surface area (Å²) < 4.78 is 0. The van der Waals surface area contributed by atoms with E-state index >= 15 is 0 Å². The number of carbonyl (C=O) groups is 1. The van der Waals surface area contributed by atoms with Gasteiger partial charge in [-0.15, -0.1) is 0 Å². The fraction of sp³-hybridized carbons (Fsp3) is 0.304. The van der Waals surface area contributed by atoms with E-state index in [4.69, 9.17) is 10.7 Å². The van der Waals surface area contributed by atoms with Gasteiger partial charge in [-0.25, -0.2) is 9.97 Å². The Morgan fingerprint density at radius 3 is 2.77 bits per heavy atom. The zero-order chi connectivity index (χ0) is 21.3. The highest BCUT2D eigenvalue weighted by Crippen LogP contribution is 2.39. The van der Waals surface area contributed by atoms with Crippen molar-refractivity contribution in [3.63, 3.8) is 0 Å². The van der Waals surface area contributed by atoms with Gasteiger partial charge < -0.3 is 11.1 Å². The van der Waals surface area contributed by atoms with Crippen LogP contribution < -0.4 is 16.0 Å². The summed E-state index contributed by atoms with van der Waals surface area (Å²) in [5.74, 6) is 1.74. The van der Waals surface area contributed by atoms with Crippen molar-refractivity contribution < 1.29 is 4.79 Å². The summed E-state index contributed by atoms with van der Waals surface area (Å²) in [4.78, 5) is 28.7. The number of aliphatic imine (C=N–C) groups is 1. The molecule has 1 unspecified atom stereocenters. The first-order valence-electron chi connectivity index (χ1n) is 10.1. The van der Waals surface area contributed by atoms with Crippen LogP contribution in [0, 0.1) is 5.92 Å². The second kappa shape index (κ2) is 7.74. The Labute approximate surface area is 176 Å². The lowest BCUT2D eigenvalue weighted by molar-refractivity contribution is -0.115. The Morgan fingerprint density at radius 1 is 1.27 bits per heavy atom. The van der Waals surface area contributed by atoms with Gasteiger partial charge in [0.1, 0.15) is 23.8 Å². The molecule has 1 aromatic heterocycles. The molecule has 2 heterocycles. The maximum absolute atomic E-state index is 13.7. The number of amides is 1. The summed E-state index contributed by atoms with van der Waals surface area (Å²) in [6, 6.07) is 11.4. The third kappa shape index (κ3) is 3.58. The highest BCUT2D eigenvalue weighted by molar-refractivity contribution is 6.26. The summed E-state index contributed by atoms with van der Waals surface area (Å²) >= 11 is 0. The van der Waals surface area contributed by atoms with Crippen LogP contribution in [0.25, 0.3) is 0 Å². The maximum Gasteiger partial charge on any atom is 0.262 e. The quantitative estimate of drug-likeness (QED) is 0.797. The number of fused-ring (bicyclic) bond motifs is 1. The lowest BCUT2D eigenvalue weighted by Crippen LogP contribution is -2.53. The van der Waals surface area contributed by atoms with Crippen molar-refractivity contribution in [2.45, 2.75) is 32.7 Å². The first-order valence-corrected chi connectivity index (χ1v) is 10.1. The average Bonchev–Trinajstić information content (AvgIpc) is 2.72. The minimum atomic E-state index is -0.551. The zero-order valence-corrected chi connectivity index (χ0v) is 17.5. The molecule has 0 fully saturated rings. The Morgan fingerprint density at radius 2 is 2.03 bits per heavy atom. The summed E-state index contributed by atoms with van der Waals surface area (Å²) in [5.41, 5.74) is 7.75. The summed E-state index contributed by atoms with van der Waals surface area (Å²) in [5, 5.41) is 3.29. The van der Waals surface area contributed by atoms with Gasteiger partial charge in [0, 0.05) is 24.1 Å². The van der Waals surface area contributed by atoms with Crippen LogP contribution in [0.1, 0.15) is 27.2 Å². The Hall–Kier alpha value is -3.48. The van der Waals surface area contributed by atoms with Crippen LogP contribution in [0.15, 0.2) is 71.0 Å². The molecule has 2 atom stereocenters. The molecule has 7 heteroatoms. The van der Waals surface area contributed by atoms with Gasteiger partial charge in [-0.05, 0) is 38.0 Å². The van der Waals surface area contributed by atoms with Crippen molar-refractivity contribution in [2.75, 3.05) is 22.5 Å². The van der Waals surface area contributed by atoms with E-state index in [1.165, 1.54) is 6.33 Å². The van der Waals surface area contributed by atoms with Crippen LogP contribution >= 0.6 is 0 Å². The van der Waals surface area contributed by atoms with Gasteiger partial charge in [-0.1, -0.05) is 37.3 Å². The van der Waals surface area contributed by atoms with Crippen molar-refractivity contribution in [1.82, 2.24) is 9.97 Å². The number of hydrogen-bond acceptors (Lipinski definition) is 6. The molecule has 0 radical (unpaired) electrons. The number of hydrogen-bond donors (Lipinski definition) is 2. The fourth-order valence-corrected chi connectivity index (χ4v) is 4.07. The number of aromatic nitrogens is 2. The molecular formula is C23H26N6O. The molecule has 2 aliphatic rings. The summed E-state index contributed by atoms with van der Waals surface area (Å²) in [6.45, 7) is 6.63. The molecule has 3 N–H and O–H groups in total. The zero-order valence-electron chi connectivity index (χ0n) is 17.5. The van der Waals surface area contributed by atoms with Gasteiger partial charge in [0.25, 0.3) is 5.91 Å². The number of benzene rings is 1. The monoisotopic (exact) mass is 402 g/mol. The van der Waals surface area contributed by atoms with Gasteiger partial charge in [0.15, 0.2) is 0 Å². The van der Waals surface area contributed by atoms with Crippen LogP contribution in [0.4, 0.5) is 17.3 Å². The Kier molecular flexibility index (Phi) is 5.11. The number of carbonyl (C=O) groups excluding carboxylic acids is 1. The third-order valence-electron chi connectivity index (χ3n) is 5.56. The number of para-hydroxylation sites is 1. The van der Waals surface area contributed by atoms with E-state index in [9.17, 15) is 4.79 Å². The molecule has 30 heavy (non-hydrogen) atoms. The van der Waals surface area contributed by atoms with E-state index in [1.807, 2.05) is 50.3 Å². The van der Waals surface area contributed by atoms with Crippen molar-refractivity contribution in [3.05, 3.63) is 66.0 Å². The van der Waals surface area contributed by atoms with E-state index in [0.29, 0.717) is 24.6 Å². The SMILES string of the molecule is CC1=C2C(=O)N(c3ccccc3)C([C@@H](C)CNc3cc(N)ncn3)=NC2(C)CC=C1. The van der Waals surface area contributed by atoms with Crippen LogP contribution in [0.2, 0.25) is 0 Å². The van der Waals surface area contributed by atoms with Crippen molar-refractivity contribution >= 4 is 29.1 Å². The number of nitrogens with zero attached hydrogens (tertiary/aromatic N) is 4. The predicted molar refractivity (Wildman–Crippen MR) is 120 cm³/mol. The number of nitrogens with two attached hydrogens (primary N) is 1. The first-order chi connectivity index (χ1) is 14.4. The topological polar surface area (TPSA) is 96.5 Å². The summed E-state index contributed by atoms with van der Waals surface area (Å²) in [7, 11) is 0. The van der Waals surface area contributed by atoms with Gasteiger partial charge in [-0.3, -0.25) is 14.7 Å². The molecule has 1 aliphatic heterocycles. The van der Waals surface area contributed by atoms with Crippen LogP contribution in [-0.4, -0.2) is 33.8 Å². The van der Waals surface area contributed by atoms with E-state index in [1.54, 1.807) is 11.0 Å². The molecule has 0 spiro atoms. The molecule has 1 aromatic carbocycles. The Bertz CT molecular complexity index is 1060. The number of nitrogens with one attached hydrogen (secondary N) is 1. The molecular weight excluding hydrogens is 376 g/mol. The van der Waals surface area contributed by atoms with Crippen LogP contribution in [0.5, 0.6) is 0 Å². The highest BCUT2D eigenvalue weighted by Gasteiger charge is 2.44. The van der Waals surface area contributed by atoms with Crippen molar-refractivity contribution in [2.24, 2.45) is 10.9 Å². The van der Waals surface area contributed by atoms with E-state index in [-0.39, 0.29) is 11.8 Å². The minimum absolute atomic E-state index is 0.00585. The molecule has 1 amide bonds. The second-order valence-electron chi connectivity index (χ2n) is 7.99. The number of anilines is 3. The number of allylic oxidation sites excluding steroid dienone is 2. The third-order valence-corrected chi connectivity index (χ3v) is 5.56. The minimum Gasteiger partial charge on any atom is -0.384 e. The molecule has 0 saturated heterocycles. The normalized spacial score (nSPS) is 21.9. The molecule has 154 valence electrons. The Balaban J connectivity index is 1.71. The van der Waals surface area contributed by atoms with Gasteiger partial charge >= 0.3 is 0 Å². The average molecular weight is 403 g/mol. The van der Waals surface area contributed by atoms with E-state index in [2.05, 4.69) is 28.3 Å². The number of amidine groups is 1. The van der Waals surface area contributed by atoms with Crippen LogP contribution in [0.3, 0.4) is 0 Å². The fourth-order valence-electron chi connectivity index (χ4n) is 4.07. The molecule has 0 bridgehead atoms. The molecule has 4 rings (SSSR count). The van der Waals surface area contributed by atoms with Gasteiger partial charge in [0.05, 0.1) is 11.2 Å². The van der Waals surface area contributed by atoms with Crippen LogP contribution in [-0.2, 0) is 4.79 Å². The maximum atomic E-state index is 13.7. The molecule has 7 nitrogen and oxygen atoms in total. The van der Waals surface area contributed by atoms with Crippen molar-refractivity contribution in [1.29, 1.82) is 0 Å². The van der Waals surface area contributed by atoms with Crippen molar-refractivity contribution in [3.8, 4) is 0 Å². The lowest BCUT2D eigenvalue weighted by atomic mass is 9.79. The smallest absolute Gasteiger partial charge is 0.262 e.